The van der Waals surface area contributed by atoms with Crippen molar-refractivity contribution in [3.8, 4) is 0 Å². The van der Waals surface area contributed by atoms with Crippen LogP contribution in [0.1, 0.15) is 42.2 Å². The number of nitrogens with zero attached hydrogens (tertiary/aromatic N) is 2. The standard InChI is InChI=1S/C25H31N3O2S/c29-24(11-10-20-7-2-1-3-8-20)28-16-12-21(13-17-28)25(30)26-19-22(23-9-6-18-31-23)27-14-4-5-15-27/h1-3,6-11,18,21-22H,4-5,12-17,19H2,(H,26,30)/b11-10-/t22-/m1/s1. The number of hydrogen-bond donors (Lipinski definition) is 1. The van der Waals surface area contributed by atoms with Crippen molar-refractivity contribution >= 4 is 29.2 Å². The zero-order valence-electron chi connectivity index (χ0n) is 17.9. The molecule has 1 aromatic heterocycles. The maximum Gasteiger partial charge on any atom is 0.246 e. The Morgan fingerprint density at radius 1 is 1.03 bits per heavy atom. The van der Waals surface area contributed by atoms with E-state index in [0.717, 1.165) is 31.5 Å². The van der Waals surface area contributed by atoms with E-state index in [1.54, 1.807) is 17.4 Å². The van der Waals surface area contributed by atoms with Crippen molar-refractivity contribution in [1.82, 2.24) is 15.1 Å². The van der Waals surface area contributed by atoms with E-state index in [-0.39, 0.29) is 23.8 Å². The van der Waals surface area contributed by atoms with Crippen molar-refractivity contribution in [2.45, 2.75) is 31.7 Å². The summed E-state index contributed by atoms with van der Waals surface area (Å²) in [5.41, 5.74) is 1.02. The van der Waals surface area contributed by atoms with Gasteiger partial charge >= 0.3 is 0 Å². The summed E-state index contributed by atoms with van der Waals surface area (Å²) < 4.78 is 0. The molecular weight excluding hydrogens is 406 g/mol. The molecule has 2 saturated heterocycles. The Hall–Kier alpha value is -2.44. The molecule has 0 spiro atoms. The van der Waals surface area contributed by atoms with Crippen molar-refractivity contribution in [3.05, 3.63) is 64.4 Å². The first kappa shape index (κ1) is 21.8. The van der Waals surface area contributed by atoms with E-state index in [1.807, 2.05) is 41.3 Å². The van der Waals surface area contributed by atoms with Crippen LogP contribution >= 0.6 is 11.3 Å². The number of carbonyl (C=O) groups excluding carboxylic acids is 2. The zero-order chi connectivity index (χ0) is 21.5. The smallest absolute Gasteiger partial charge is 0.246 e. The zero-order valence-corrected chi connectivity index (χ0v) is 18.7. The van der Waals surface area contributed by atoms with Gasteiger partial charge in [0, 0.05) is 36.5 Å². The predicted octanol–water partition coefficient (Wildman–Crippen LogP) is 3.95. The lowest BCUT2D eigenvalue weighted by Gasteiger charge is -2.32. The highest BCUT2D eigenvalue weighted by atomic mass is 32.1. The largest absolute Gasteiger partial charge is 0.354 e. The van der Waals surface area contributed by atoms with E-state index in [0.29, 0.717) is 19.6 Å². The summed E-state index contributed by atoms with van der Waals surface area (Å²) in [7, 11) is 0. The lowest BCUT2D eigenvalue weighted by atomic mass is 9.95. The van der Waals surface area contributed by atoms with E-state index in [9.17, 15) is 9.59 Å². The Morgan fingerprint density at radius 2 is 1.77 bits per heavy atom. The quantitative estimate of drug-likeness (QED) is 0.668. The van der Waals surface area contributed by atoms with Crippen molar-refractivity contribution in [2.75, 3.05) is 32.7 Å². The molecule has 2 amide bonds. The first-order chi connectivity index (χ1) is 15.2. The first-order valence-corrected chi connectivity index (χ1v) is 12.2. The van der Waals surface area contributed by atoms with Gasteiger partial charge in [-0.25, -0.2) is 0 Å². The summed E-state index contributed by atoms with van der Waals surface area (Å²) in [4.78, 5) is 31.0. The van der Waals surface area contributed by atoms with Crippen molar-refractivity contribution in [3.63, 3.8) is 0 Å². The van der Waals surface area contributed by atoms with Crippen LogP contribution in [0.4, 0.5) is 0 Å². The number of benzene rings is 1. The Kier molecular flexibility index (Phi) is 7.54. The molecule has 1 atom stereocenters. The topological polar surface area (TPSA) is 52.7 Å². The Balaban J connectivity index is 1.25. The molecule has 2 aliphatic rings. The molecule has 2 aliphatic heterocycles. The number of amides is 2. The van der Waals surface area contributed by atoms with E-state index < -0.39 is 0 Å². The minimum atomic E-state index is -0.00952. The Morgan fingerprint density at radius 3 is 2.45 bits per heavy atom. The molecule has 2 aromatic rings. The fourth-order valence-electron chi connectivity index (χ4n) is 4.48. The average molecular weight is 438 g/mol. The van der Waals surface area contributed by atoms with Gasteiger partial charge in [-0.2, -0.15) is 0 Å². The maximum absolute atomic E-state index is 12.8. The van der Waals surface area contributed by atoms with Crippen LogP contribution in [0.2, 0.25) is 0 Å². The molecule has 4 rings (SSSR count). The van der Waals surface area contributed by atoms with E-state index in [1.165, 1.54) is 17.7 Å². The number of nitrogens with one attached hydrogen (secondary N) is 1. The molecule has 5 nitrogen and oxygen atoms in total. The SMILES string of the molecule is O=C(NC[C@H](c1cccs1)N1CCCC1)C1CCN(C(=O)/C=C\c2ccccc2)CC1. The van der Waals surface area contributed by atoms with Crippen LogP contribution in [-0.2, 0) is 9.59 Å². The van der Waals surface area contributed by atoms with Gasteiger partial charge in [0.1, 0.15) is 0 Å². The summed E-state index contributed by atoms with van der Waals surface area (Å²) in [5, 5.41) is 5.33. The Bertz CT molecular complexity index is 867. The van der Waals surface area contributed by atoms with Crippen LogP contribution in [0.25, 0.3) is 6.08 Å². The number of hydrogen-bond acceptors (Lipinski definition) is 4. The van der Waals surface area contributed by atoms with E-state index in [4.69, 9.17) is 0 Å². The van der Waals surface area contributed by atoms with Gasteiger partial charge in [0.25, 0.3) is 0 Å². The van der Waals surface area contributed by atoms with Crippen molar-refractivity contribution in [1.29, 1.82) is 0 Å². The second-order valence-electron chi connectivity index (χ2n) is 8.36. The van der Waals surface area contributed by atoms with Crippen LogP contribution < -0.4 is 5.32 Å². The van der Waals surface area contributed by atoms with Crippen LogP contribution in [-0.4, -0.2) is 54.3 Å². The van der Waals surface area contributed by atoms with Gasteiger partial charge in [0.15, 0.2) is 0 Å². The molecule has 6 heteroatoms. The summed E-state index contributed by atoms with van der Waals surface area (Å²) in [6.07, 6.45) is 7.41. The number of thiophene rings is 1. The molecule has 0 saturated carbocycles. The minimum absolute atomic E-state index is 0.00952. The van der Waals surface area contributed by atoms with Gasteiger partial charge in [-0.15, -0.1) is 11.3 Å². The van der Waals surface area contributed by atoms with Crippen molar-refractivity contribution in [2.24, 2.45) is 5.92 Å². The molecule has 1 N–H and O–H groups in total. The second-order valence-corrected chi connectivity index (χ2v) is 9.34. The third-order valence-electron chi connectivity index (χ3n) is 6.32. The predicted molar refractivity (Wildman–Crippen MR) is 126 cm³/mol. The molecule has 0 radical (unpaired) electrons. The van der Waals surface area contributed by atoms with Crippen molar-refractivity contribution < 1.29 is 9.59 Å². The fourth-order valence-corrected chi connectivity index (χ4v) is 5.35. The highest BCUT2D eigenvalue weighted by molar-refractivity contribution is 7.10. The summed E-state index contributed by atoms with van der Waals surface area (Å²) in [6, 6.07) is 14.4. The van der Waals surface area contributed by atoms with Gasteiger partial charge in [0.2, 0.25) is 11.8 Å². The summed E-state index contributed by atoms with van der Waals surface area (Å²) in [5.74, 6) is 0.145. The van der Waals surface area contributed by atoms with Crippen LogP contribution in [0.5, 0.6) is 0 Å². The van der Waals surface area contributed by atoms with E-state index >= 15 is 0 Å². The minimum Gasteiger partial charge on any atom is -0.354 e. The van der Waals surface area contributed by atoms with Crippen LogP contribution in [0.3, 0.4) is 0 Å². The Labute approximate surface area is 188 Å². The number of carbonyl (C=O) groups is 2. The highest BCUT2D eigenvalue weighted by Gasteiger charge is 2.29. The van der Waals surface area contributed by atoms with Gasteiger partial charge < -0.3 is 10.2 Å². The lowest BCUT2D eigenvalue weighted by Crippen LogP contribution is -2.44. The molecule has 31 heavy (non-hydrogen) atoms. The molecular formula is C25H31N3O2S. The molecule has 3 heterocycles. The normalized spacial score (nSPS) is 19.0. The molecule has 164 valence electrons. The molecule has 1 aromatic carbocycles. The molecule has 0 unspecified atom stereocenters. The second kappa shape index (κ2) is 10.7. The van der Waals surface area contributed by atoms with Gasteiger partial charge in [0.05, 0.1) is 6.04 Å². The molecule has 0 bridgehead atoms. The van der Waals surface area contributed by atoms with Gasteiger partial charge in [-0.3, -0.25) is 14.5 Å². The molecule has 2 fully saturated rings. The summed E-state index contributed by atoms with van der Waals surface area (Å²) in [6.45, 7) is 4.15. The number of rotatable bonds is 7. The van der Waals surface area contributed by atoms with Gasteiger partial charge in [-0.1, -0.05) is 36.4 Å². The fraction of sp³-hybridized carbons (Fsp3) is 0.440. The lowest BCUT2D eigenvalue weighted by molar-refractivity contribution is -0.132. The maximum atomic E-state index is 12.8. The highest BCUT2D eigenvalue weighted by Crippen LogP contribution is 2.28. The average Bonchev–Trinajstić information content (AvgIpc) is 3.53. The number of piperidine rings is 1. The summed E-state index contributed by atoms with van der Waals surface area (Å²) >= 11 is 1.77. The van der Waals surface area contributed by atoms with E-state index in [2.05, 4.69) is 27.7 Å². The third kappa shape index (κ3) is 5.83. The monoisotopic (exact) mass is 437 g/mol. The van der Waals surface area contributed by atoms with Crippen LogP contribution in [0, 0.1) is 5.92 Å². The number of likely N-dealkylation sites (tertiary alicyclic amines) is 2. The van der Waals surface area contributed by atoms with Gasteiger partial charge in [-0.05, 0) is 61.9 Å². The van der Waals surface area contributed by atoms with Crippen LogP contribution in [0.15, 0.2) is 53.9 Å². The molecule has 0 aliphatic carbocycles. The first-order valence-electron chi connectivity index (χ1n) is 11.3. The third-order valence-corrected chi connectivity index (χ3v) is 7.29.